The van der Waals surface area contributed by atoms with Crippen molar-refractivity contribution >= 4 is 13.8 Å². The summed E-state index contributed by atoms with van der Waals surface area (Å²) < 4.78 is 34.7. The maximum atomic E-state index is 12.5. The molecule has 9 heteroatoms. The molecule has 1 N–H and O–H groups in total. The van der Waals surface area contributed by atoms with Gasteiger partial charge in [-0.2, -0.15) is 0 Å². The highest BCUT2D eigenvalue weighted by Gasteiger charge is 2.25. The number of nitrogens with zero attached hydrogens (tertiary/aromatic N) is 1. The third-order valence-corrected chi connectivity index (χ3v) is 9.82. The lowest BCUT2D eigenvalue weighted by molar-refractivity contribution is -0.870. The zero-order valence-corrected chi connectivity index (χ0v) is 36.8. The fraction of sp³-hybridized carbons (Fsp3) is 0.717. The predicted octanol–water partition coefficient (Wildman–Crippen LogP) is 13.1. The average molecular weight is 793 g/mol. The molecule has 0 aromatic heterocycles. The molecule has 0 spiro atoms. The van der Waals surface area contributed by atoms with Crippen LogP contribution in [0.3, 0.4) is 0 Å². The Kier molecular flexibility index (Phi) is 37.1. The molecule has 0 saturated heterocycles. The van der Waals surface area contributed by atoms with Gasteiger partial charge in [0.15, 0.2) is 6.10 Å². The number of allylic oxidation sites excluding steroid dienone is 11. The average Bonchev–Trinajstić information content (AvgIpc) is 3.14. The van der Waals surface area contributed by atoms with Crippen LogP contribution in [0, 0.1) is 0 Å². The molecule has 0 rings (SSSR count). The summed E-state index contributed by atoms with van der Waals surface area (Å²) in [5, 5.41) is 0. The number of ether oxygens (including phenoxy) is 2. The molecule has 0 radical (unpaired) electrons. The minimum Gasteiger partial charge on any atom is -0.492 e. The number of phosphoric ester groups is 1. The van der Waals surface area contributed by atoms with E-state index in [2.05, 4.69) is 74.6 Å². The molecule has 0 bridgehead atoms. The number of carbonyl (C=O) groups excluding carboxylic acids is 1. The Morgan fingerprint density at radius 3 is 1.62 bits per heavy atom. The first-order valence-electron chi connectivity index (χ1n) is 21.7. The van der Waals surface area contributed by atoms with E-state index in [1.807, 2.05) is 27.2 Å². The van der Waals surface area contributed by atoms with Crippen molar-refractivity contribution in [1.29, 1.82) is 0 Å². The number of hydrogen-bond acceptors (Lipinski definition) is 6. The van der Waals surface area contributed by atoms with E-state index >= 15 is 0 Å². The quantitative estimate of drug-likeness (QED) is 0.0165. The van der Waals surface area contributed by atoms with E-state index in [0.29, 0.717) is 17.4 Å². The number of unbranched alkanes of at least 4 members (excludes halogenated alkanes) is 15. The molecule has 0 aliphatic heterocycles. The van der Waals surface area contributed by atoms with Crippen LogP contribution in [-0.4, -0.2) is 69.0 Å². The molecule has 55 heavy (non-hydrogen) atoms. The lowest BCUT2D eigenvalue weighted by Crippen LogP contribution is -2.37. The second kappa shape index (κ2) is 38.6. The number of phosphoric acid groups is 1. The molecule has 0 heterocycles. The van der Waals surface area contributed by atoms with Crippen molar-refractivity contribution in [1.82, 2.24) is 0 Å². The first-order valence-corrected chi connectivity index (χ1v) is 23.2. The number of likely N-dealkylation sites (N-methyl/N-ethyl adjacent to an activating group) is 1. The van der Waals surface area contributed by atoms with Crippen LogP contribution in [-0.2, 0) is 27.9 Å². The highest BCUT2D eigenvalue weighted by Crippen LogP contribution is 2.43. The number of quaternary nitrogens is 1. The Balaban J connectivity index is 4.37. The van der Waals surface area contributed by atoms with E-state index in [0.717, 1.165) is 83.5 Å². The third kappa shape index (κ3) is 42.8. The lowest BCUT2D eigenvalue weighted by atomic mass is 10.1. The molecule has 0 aliphatic carbocycles. The molecule has 8 nitrogen and oxygen atoms in total. The van der Waals surface area contributed by atoms with Crippen molar-refractivity contribution in [3.05, 3.63) is 73.1 Å². The Bertz CT molecular complexity index is 1110. The van der Waals surface area contributed by atoms with Crippen molar-refractivity contribution in [2.45, 2.75) is 168 Å². The summed E-state index contributed by atoms with van der Waals surface area (Å²) in [5.74, 6) is -0.305. The smallest absolute Gasteiger partial charge is 0.472 e. The van der Waals surface area contributed by atoms with E-state index in [9.17, 15) is 14.3 Å². The highest BCUT2D eigenvalue weighted by molar-refractivity contribution is 7.47. The zero-order chi connectivity index (χ0) is 40.6. The van der Waals surface area contributed by atoms with Crippen LogP contribution in [0.2, 0.25) is 0 Å². The SMILES string of the molecule is CC/C=C\C/C=C\C/C=C\C/C=C\CCCCCCC(=O)OCC(COP(=O)(O)OCC[N+](C)(C)C)O/C=C\CCCCCC/C=C\CCCCCCCC. The van der Waals surface area contributed by atoms with Gasteiger partial charge in [-0.1, -0.05) is 132 Å². The van der Waals surface area contributed by atoms with Gasteiger partial charge in [0, 0.05) is 6.42 Å². The minimum atomic E-state index is -4.28. The fourth-order valence-corrected chi connectivity index (χ4v) is 6.14. The van der Waals surface area contributed by atoms with Gasteiger partial charge in [-0.25, -0.2) is 4.57 Å². The standard InChI is InChI=1S/C46H82NO7P/c1-6-8-10-12-14-16-18-20-22-24-25-27-29-31-33-35-37-39-46(48)52-43-45(44-54-55(49,50)53-42-40-47(3,4)5)51-41-38-36-34-32-30-28-26-23-21-19-17-15-13-11-9-7-2/h8,10,14,16,20-23,25,27,38,41,45H,6-7,9,11-13,15,17-19,24,26,28-37,39-40,42-44H2,1-5H3/p+1/b10-8-,16-14-,22-20-,23-21-,27-25-,41-38-. The van der Waals surface area contributed by atoms with Gasteiger partial charge in [-0.3, -0.25) is 13.8 Å². The Morgan fingerprint density at radius 2 is 1.07 bits per heavy atom. The topological polar surface area (TPSA) is 91.3 Å². The molecule has 0 fully saturated rings. The summed E-state index contributed by atoms with van der Waals surface area (Å²) in [6, 6.07) is 0. The fourth-order valence-electron chi connectivity index (χ4n) is 5.40. The largest absolute Gasteiger partial charge is 0.492 e. The second-order valence-corrected chi connectivity index (χ2v) is 16.9. The highest BCUT2D eigenvalue weighted by atomic mass is 31.2. The van der Waals surface area contributed by atoms with Gasteiger partial charge in [-0.15, -0.1) is 0 Å². The van der Waals surface area contributed by atoms with Crippen molar-refractivity contribution in [3.63, 3.8) is 0 Å². The summed E-state index contributed by atoms with van der Waals surface area (Å²) in [5.41, 5.74) is 0. The molecule has 0 saturated carbocycles. The summed E-state index contributed by atoms with van der Waals surface area (Å²) in [6.45, 7) is 4.73. The summed E-state index contributed by atoms with van der Waals surface area (Å²) in [7, 11) is 1.64. The van der Waals surface area contributed by atoms with E-state index < -0.39 is 13.9 Å². The van der Waals surface area contributed by atoms with Gasteiger partial charge in [-0.05, 0) is 89.5 Å². The molecule has 0 aromatic rings. The van der Waals surface area contributed by atoms with E-state index in [1.165, 1.54) is 57.8 Å². The molecular weight excluding hydrogens is 709 g/mol. The van der Waals surface area contributed by atoms with Crippen molar-refractivity contribution in [3.8, 4) is 0 Å². The van der Waals surface area contributed by atoms with Crippen LogP contribution < -0.4 is 0 Å². The van der Waals surface area contributed by atoms with Crippen LogP contribution in [0.5, 0.6) is 0 Å². The van der Waals surface area contributed by atoms with Gasteiger partial charge >= 0.3 is 13.8 Å². The van der Waals surface area contributed by atoms with Gasteiger partial charge in [0.05, 0.1) is 34.0 Å². The third-order valence-electron chi connectivity index (χ3n) is 8.84. The summed E-state index contributed by atoms with van der Waals surface area (Å²) >= 11 is 0. The minimum absolute atomic E-state index is 0.0692. The van der Waals surface area contributed by atoms with Gasteiger partial charge < -0.3 is 18.9 Å². The predicted molar refractivity (Wildman–Crippen MR) is 233 cm³/mol. The van der Waals surface area contributed by atoms with Crippen LogP contribution in [0.15, 0.2) is 73.1 Å². The molecule has 2 atom stereocenters. The van der Waals surface area contributed by atoms with E-state index in [-0.39, 0.29) is 25.8 Å². The van der Waals surface area contributed by atoms with Gasteiger partial charge in [0.2, 0.25) is 0 Å². The van der Waals surface area contributed by atoms with Crippen molar-refractivity contribution < 1.29 is 37.3 Å². The Morgan fingerprint density at radius 1 is 0.600 bits per heavy atom. The molecule has 0 aromatic carbocycles. The monoisotopic (exact) mass is 793 g/mol. The van der Waals surface area contributed by atoms with Crippen LogP contribution in [0.4, 0.5) is 0 Å². The number of carbonyl (C=O) groups is 1. The van der Waals surface area contributed by atoms with Crippen LogP contribution in [0.25, 0.3) is 0 Å². The first kappa shape index (κ1) is 52.8. The van der Waals surface area contributed by atoms with Crippen LogP contribution in [0.1, 0.15) is 162 Å². The van der Waals surface area contributed by atoms with E-state index in [1.54, 1.807) is 6.26 Å². The van der Waals surface area contributed by atoms with Crippen LogP contribution >= 0.6 is 7.82 Å². The zero-order valence-electron chi connectivity index (χ0n) is 35.9. The first-order chi connectivity index (χ1) is 26.6. The molecule has 2 unspecified atom stereocenters. The second-order valence-electron chi connectivity index (χ2n) is 15.4. The number of rotatable bonds is 39. The molecular formula is C46H83NO7P+. The lowest BCUT2D eigenvalue weighted by Gasteiger charge is -2.24. The maximum Gasteiger partial charge on any atom is 0.472 e. The van der Waals surface area contributed by atoms with Gasteiger partial charge in [0.1, 0.15) is 19.8 Å². The van der Waals surface area contributed by atoms with Gasteiger partial charge in [0.25, 0.3) is 0 Å². The maximum absolute atomic E-state index is 12.5. The molecule has 318 valence electrons. The Labute approximate surface area is 338 Å². The molecule has 0 amide bonds. The normalized spacial score (nSPS) is 14.4. The number of esters is 1. The Hall–Kier alpha value is -2.22. The number of hydrogen-bond donors (Lipinski definition) is 1. The summed E-state index contributed by atoms with van der Waals surface area (Å²) in [6.07, 6.45) is 50.4. The van der Waals surface area contributed by atoms with E-state index in [4.69, 9.17) is 18.5 Å². The van der Waals surface area contributed by atoms with Crippen molar-refractivity contribution in [2.24, 2.45) is 0 Å². The molecule has 0 aliphatic rings. The summed E-state index contributed by atoms with van der Waals surface area (Å²) in [4.78, 5) is 22.7. The van der Waals surface area contributed by atoms with Crippen molar-refractivity contribution in [2.75, 3.05) is 47.5 Å².